The minimum atomic E-state index is -1.58. The molecule has 0 aromatic carbocycles. The second-order valence-electron chi connectivity index (χ2n) is 4.85. The lowest BCUT2D eigenvalue weighted by Gasteiger charge is -2.27. The highest BCUT2D eigenvalue weighted by Gasteiger charge is 2.55. The molecule has 1 aromatic rings. The Hall–Kier alpha value is -1.99. The first kappa shape index (κ1) is 15.4. The number of nitrogens with two attached hydrogens (primary N) is 2. The Morgan fingerprint density at radius 2 is 2.29 bits per heavy atom. The molecule has 1 unspecified atom stereocenters. The van der Waals surface area contributed by atoms with Gasteiger partial charge in [-0.3, -0.25) is 4.57 Å². The Morgan fingerprint density at radius 3 is 2.81 bits per heavy atom. The molecule has 0 aliphatic carbocycles. The molecule has 9 nitrogen and oxygen atoms in total. The molecule has 114 valence electrons. The van der Waals surface area contributed by atoms with Gasteiger partial charge in [-0.05, 0) is 13.8 Å². The lowest BCUT2D eigenvalue weighted by molar-refractivity contribution is -0.0781. The third kappa shape index (κ3) is 2.50. The first-order valence-electron chi connectivity index (χ1n) is 6.26. The van der Waals surface area contributed by atoms with Crippen LogP contribution in [0.15, 0.2) is 11.1 Å². The zero-order chi connectivity index (χ0) is 15.8. The Balaban J connectivity index is 2.54. The number of aliphatic hydroxyl groups is 2. The summed E-state index contributed by atoms with van der Waals surface area (Å²) >= 11 is 0. The molecule has 9 heteroatoms. The van der Waals surface area contributed by atoms with Crippen molar-refractivity contribution >= 4 is 5.95 Å². The topological polar surface area (TPSA) is 150 Å². The highest BCUT2D eigenvalue weighted by atomic mass is 16.5. The number of hydrogen-bond donors (Lipinski definition) is 4. The van der Waals surface area contributed by atoms with Crippen LogP contribution in [0.5, 0.6) is 0 Å². The van der Waals surface area contributed by atoms with Gasteiger partial charge in [0.2, 0.25) is 5.95 Å². The third-order valence-corrected chi connectivity index (χ3v) is 3.31. The van der Waals surface area contributed by atoms with Crippen molar-refractivity contribution in [3.8, 4) is 11.8 Å². The van der Waals surface area contributed by atoms with Crippen molar-refractivity contribution in [2.75, 3.05) is 5.73 Å². The van der Waals surface area contributed by atoms with Crippen molar-refractivity contribution in [3.05, 3.63) is 16.8 Å². The van der Waals surface area contributed by atoms with Crippen LogP contribution in [0, 0.1) is 11.8 Å². The van der Waals surface area contributed by atoms with Gasteiger partial charge in [-0.2, -0.15) is 4.98 Å². The smallest absolute Gasteiger partial charge is 0.354 e. The van der Waals surface area contributed by atoms with Crippen LogP contribution in [0.3, 0.4) is 0 Å². The summed E-state index contributed by atoms with van der Waals surface area (Å²) < 4.78 is 6.52. The van der Waals surface area contributed by atoms with E-state index >= 15 is 0 Å². The van der Waals surface area contributed by atoms with Gasteiger partial charge in [0.15, 0.2) is 11.8 Å². The van der Waals surface area contributed by atoms with Crippen molar-refractivity contribution < 1.29 is 14.9 Å². The zero-order valence-electron chi connectivity index (χ0n) is 11.6. The predicted octanol–water partition coefficient (Wildman–Crippen LogP) is -2.42. The molecule has 0 radical (unpaired) electrons. The Morgan fingerprint density at radius 1 is 1.62 bits per heavy atom. The summed E-state index contributed by atoms with van der Waals surface area (Å²) in [5.74, 6) is 5.05. The van der Waals surface area contributed by atoms with E-state index in [4.69, 9.17) is 16.2 Å². The number of nitrogens with zero attached hydrogens (tertiary/aromatic N) is 3. The summed E-state index contributed by atoms with van der Waals surface area (Å²) in [5, 5.41) is 20.0. The molecule has 1 fully saturated rings. The van der Waals surface area contributed by atoms with Gasteiger partial charge in [0, 0.05) is 0 Å². The van der Waals surface area contributed by atoms with E-state index in [0.717, 1.165) is 10.9 Å². The lowest BCUT2D eigenvalue weighted by Crippen LogP contribution is -2.55. The van der Waals surface area contributed by atoms with Crippen molar-refractivity contribution in [1.29, 1.82) is 0 Å². The Labute approximate surface area is 120 Å². The largest absolute Gasteiger partial charge is 0.391 e. The van der Waals surface area contributed by atoms with Gasteiger partial charge < -0.3 is 26.4 Å². The summed E-state index contributed by atoms with van der Waals surface area (Å²) in [7, 11) is 0. The molecule has 1 aliphatic rings. The fourth-order valence-electron chi connectivity index (χ4n) is 2.30. The SMILES string of the molecule is CC#CC1(N)[C@@H](O)[C@@H]([C@@H](C)O)O[C@H]1n1cnc(N)nc1=O. The fraction of sp³-hybridized carbons (Fsp3) is 0.583. The summed E-state index contributed by atoms with van der Waals surface area (Å²) in [6.45, 7) is 2.98. The summed E-state index contributed by atoms with van der Waals surface area (Å²) in [6, 6.07) is 0. The molecule has 1 aliphatic heterocycles. The molecule has 0 spiro atoms. The Bertz CT molecular complexity index is 649. The van der Waals surface area contributed by atoms with Crippen LogP contribution in [0.4, 0.5) is 5.95 Å². The van der Waals surface area contributed by atoms with Crippen molar-refractivity contribution in [1.82, 2.24) is 14.5 Å². The van der Waals surface area contributed by atoms with Crippen LogP contribution < -0.4 is 17.2 Å². The number of aromatic nitrogens is 3. The quantitative estimate of drug-likeness (QED) is 0.440. The number of rotatable bonds is 2. The molecule has 1 aromatic heterocycles. The minimum absolute atomic E-state index is 0.189. The van der Waals surface area contributed by atoms with Gasteiger partial charge in [-0.25, -0.2) is 9.78 Å². The molecule has 6 N–H and O–H groups in total. The van der Waals surface area contributed by atoms with Gasteiger partial charge in [-0.1, -0.05) is 5.92 Å². The maximum absolute atomic E-state index is 11.9. The number of ether oxygens (including phenoxy) is 1. The predicted molar refractivity (Wildman–Crippen MR) is 72.7 cm³/mol. The van der Waals surface area contributed by atoms with E-state index in [1.54, 1.807) is 0 Å². The van der Waals surface area contributed by atoms with Crippen LogP contribution in [0.1, 0.15) is 20.1 Å². The van der Waals surface area contributed by atoms with Crippen LogP contribution in [-0.4, -0.2) is 48.6 Å². The average molecular weight is 295 g/mol. The van der Waals surface area contributed by atoms with Crippen LogP contribution in [0.2, 0.25) is 0 Å². The summed E-state index contributed by atoms with van der Waals surface area (Å²) in [6.07, 6.45) is -3.32. The van der Waals surface area contributed by atoms with E-state index in [2.05, 4.69) is 21.8 Å². The van der Waals surface area contributed by atoms with Gasteiger partial charge in [0.05, 0.1) is 6.10 Å². The molecular formula is C12H17N5O4. The van der Waals surface area contributed by atoms with E-state index in [1.807, 2.05) is 0 Å². The van der Waals surface area contributed by atoms with Crippen molar-refractivity contribution in [2.45, 2.75) is 43.9 Å². The standard InChI is InChI=1S/C12H17N5O4/c1-3-4-12(14)8(19)7(6(2)18)21-9(12)17-5-15-10(13)16-11(17)20/h5-9,18-19H,14H2,1-2H3,(H2,13,16,20)/t6-,7-,8+,9-,12?/m1/s1. The molecule has 5 atom stereocenters. The minimum Gasteiger partial charge on any atom is -0.391 e. The molecule has 0 saturated carbocycles. The second-order valence-corrected chi connectivity index (χ2v) is 4.85. The first-order chi connectivity index (χ1) is 9.81. The van der Waals surface area contributed by atoms with Gasteiger partial charge in [0.1, 0.15) is 18.5 Å². The summed E-state index contributed by atoms with van der Waals surface area (Å²) in [5.41, 5.74) is 9.13. The van der Waals surface area contributed by atoms with Crippen LogP contribution in [0.25, 0.3) is 0 Å². The van der Waals surface area contributed by atoms with Crippen molar-refractivity contribution in [2.24, 2.45) is 5.73 Å². The third-order valence-electron chi connectivity index (χ3n) is 3.31. The molecule has 21 heavy (non-hydrogen) atoms. The van der Waals surface area contributed by atoms with Crippen LogP contribution in [-0.2, 0) is 4.74 Å². The fourth-order valence-corrected chi connectivity index (χ4v) is 2.30. The van der Waals surface area contributed by atoms with Gasteiger partial charge in [0.25, 0.3) is 0 Å². The maximum atomic E-state index is 11.9. The normalized spacial score (nSPS) is 33.3. The highest BCUT2D eigenvalue weighted by molar-refractivity contribution is 5.25. The van der Waals surface area contributed by atoms with E-state index in [9.17, 15) is 15.0 Å². The van der Waals surface area contributed by atoms with Crippen LogP contribution >= 0.6 is 0 Å². The highest BCUT2D eigenvalue weighted by Crippen LogP contribution is 2.36. The van der Waals surface area contributed by atoms with Gasteiger partial charge in [-0.15, -0.1) is 5.92 Å². The number of hydrogen-bond acceptors (Lipinski definition) is 8. The number of nitrogen functional groups attached to an aromatic ring is 1. The van der Waals surface area contributed by atoms with E-state index in [1.165, 1.54) is 13.8 Å². The first-order valence-corrected chi connectivity index (χ1v) is 6.26. The molecule has 2 heterocycles. The van der Waals surface area contributed by atoms with Gasteiger partial charge >= 0.3 is 5.69 Å². The molecule has 0 bridgehead atoms. The molecular weight excluding hydrogens is 278 g/mol. The second kappa shape index (κ2) is 5.42. The van der Waals surface area contributed by atoms with Crippen molar-refractivity contribution in [3.63, 3.8) is 0 Å². The van der Waals surface area contributed by atoms with E-state index in [0.29, 0.717) is 0 Å². The lowest BCUT2D eigenvalue weighted by atomic mass is 9.90. The number of aliphatic hydroxyl groups excluding tert-OH is 2. The number of anilines is 1. The maximum Gasteiger partial charge on any atom is 0.354 e. The van der Waals surface area contributed by atoms with E-state index in [-0.39, 0.29) is 5.95 Å². The molecule has 1 saturated heterocycles. The Kier molecular flexibility index (Phi) is 3.97. The zero-order valence-corrected chi connectivity index (χ0v) is 11.6. The molecule has 2 rings (SSSR count). The average Bonchev–Trinajstić information content (AvgIpc) is 2.64. The van der Waals surface area contributed by atoms with E-state index < -0.39 is 35.8 Å². The molecule has 0 amide bonds. The monoisotopic (exact) mass is 295 g/mol. The summed E-state index contributed by atoms with van der Waals surface area (Å²) in [4.78, 5) is 19.1.